The fourth-order valence-electron chi connectivity index (χ4n) is 3.29. The Bertz CT molecular complexity index is 1080. The first-order chi connectivity index (χ1) is 11.8. The molecule has 1 aliphatic rings. The van der Waals surface area contributed by atoms with Crippen molar-refractivity contribution >= 4 is 37.8 Å². The fraction of sp³-hybridized carbons (Fsp3) is 0.167. The van der Waals surface area contributed by atoms with Gasteiger partial charge in [0.05, 0.1) is 19.1 Å². The van der Waals surface area contributed by atoms with Crippen LogP contribution in [0.2, 0.25) is 0 Å². The molecule has 1 aliphatic carbocycles. The van der Waals surface area contributed by atoms with Crippen LogP contribution in [0.5, 0.6) is 5.75 Å². The van der Waals surface area contributed by atoms with E-state index in [0.29, 0.717) is 5.78 Å². The first kappa shape index (κ1) is 17.3. The maximum atomic E-state index is 10.1. The highest BCUT2D eigenvalue weighted by Crippen LogP contribution is 2.39. The number of methoxy groups -OCH3 is 1. The molecule has 0 spiro atoms. The van der Waals surface area contributed by atoms with Gasteiger partial charge in [0, 0.05) is 5.39 Å². The van der Waals surface area contributed by atoms with Crippen molar-refractivity contribution in [3.63, 3.8) is 0 Å². The number of fused-ring (bicyclic) bond motifs is 5. The Labute approximate surface area is 144 Å². The Kier molecular flexibility index (Phi) is 4.45. The second kappa shape index (κ2) is 6.42. The lowest BCUT2D eigenvalue weighted by molar-refractivity contribution is 0.417. The van der Waals surface area contributed by atoms with E-state index >= 15 is 0 Å². The summed E-state index contributed by atoms with van der Waals surface area (Å²) in [5, 5.41) is 4.77. The van der Waals surface area contributed by atoms with Gasteiger partial charge in [0.2, 0.25) is 0 Å². The Morgan fingerprint density at radius 2 is 1.80 bits per heavy atom. The lowest BCUT2D eigenvalue weighted by Gasteiger charge is -2.12. The van der Waals surface area contributed by atoms with Crippen LogP contribution in [0.15, 0.2) is 42.5 Å². The highest BCUT2D eigenvalue weighted by Gasteiger charge is 2.28. The summed E-state index contributed by atoms with van der Waals surface area (Å²) < 4.78 is 40.9. The third-order valence-electron chi connectivity index (χ3n) is 4.24. The van der Waals surface area contributed by atoms with E-state index in [1.807, 2.05) is 12.1 Å². The minimum Gasteiger partial charge on any atom is -0.722 e. The van der Waals surface area contributed by atoms with Crippen molar-refractivity contribution in [3.8, 4) is 5.75 Å². The maximum absolute atomic E-state index is 10.1. The predicted octanol–water partition coefficient (Wildman–Crippen LogP) is 3.26. The standard InChI is InChI=1S/C18H14O2.FHO3S/c1-20-17-10-15-13(8-9-16(15)19)14-7-6-11-4-2-3-5-12(11)18(14)17;1-5(2,3)4/h2-7,10H,8-9H2,1H3;(H,2,3,4). The van der Waals surface area contributed by atoms with E-state index in [0.717, 1.165) is 29.5 Å². The molecule has 4 rings (SSSR count). The topological polar surface area (TPSA) is 87.8 Å². The highest BCUT2D eigenvalue weighted by atomic mass is 32.3. The molecular formula is C18H15FO5S. The van der Waals surface area contributed by atoms with E-state index in [-0.39, 0.29) is 0 Å². The van der Waals surface area contributed by atoms with E-state index < -0.39 is 10.5 Å². The average Bonchev–Trinajstić information content (AvgIpc) is 2.93. The average molecular weight is 362 g/mol. The molecule has 7 heteroatoms. The third kappa shape index (κ3) is 3.47. The van der Waals surface area contributed by atoms with Crippen molar-refractivity contribution < 1.29 is 26.4 Å². The van der Waals surface area contributed by atoms with Crippen LogP contribution >= 0.6 is 0 Å². The number of carbonyl (C=O) groups excluding carboxylic acids is 1. The number of rotatable bonds is 1. The molecule has 0 bridgehead atoms. The van der Waals surface area contributed by atoms with Gasteiger partial charge in [-0.1, -0.05) is 36.4 Å². The quantitative estimate of drug-likeness (QED) is 0.288. The molecule has 1 N–H and O–H groups in total. The minimum atomic E-state index is -5.42. The summed E-state index contributed by atoms with van der Waals surface area (Å²) in [5.41, 5.74) is 2.19. The van der Waals surface area contributed by atoms with Crippen LogP contribution in [-0.2, 0) is 16.9 Å². The predicted molar refractivity (Wildman–Crippen MR) is 93.2 cm³/mol. The van der Waals surface area contributed by atoms with Gasteiger partial charge in [0.25, 0.3) is 10.5 Å². The number of ketones is 1. The summed E-state index contributed by atoms with van der Waals surface area (Å²) in [5.74, 6) is 1.32. The van der Waals surface area contributed by atoms with Crippen LogP contribution < -0.4 is 4.74 Å². The molecular weight excluding hydrogens is 347 g/mol. The van der Waals surface area contributed by atoms with Gasteiger partial charge in [-0.15, -0.1) is 3.89 Å². The van der Waals surface area contributed by atoms with E-state index in [1.54, 1.807) is 7.11 Å². The van der Waals surface area contributed by atoms with E-state index in [1.165, 1.54) is 21.7 Å². The molecule has 5 nitrogen and oxygen atoms in total. The molecule has 0 unspecified atom stereocenters. The van der Waals surface area contributed by atoms with Crippen LogP contribution in [0.25, 0.3) is 21.5 Å². The number of benzene rings is 3. The molecule has 0 amide bonds. The molecule has 3 aromatic rings. The largest absolute Gasteiger partial charge is 0.722 e. The van der Waals surface area contributed by atoms with E-state index in [9.17, 15) is 8.68 Å². The monoisotopic (exact) mass is 362 g/mol. The Morgan fingerprint density at radius 1 is 1.12 bits per heavy atom. The van der Waals surface area contributed by atoms with Gasteiger partial charge in [0.1, 0.15) is 5.75 Å². The van der Waals surface area contributed by atoms with Crippen molar-refractivity contribution in [1.82, 2.24) is 0 Å². The minimum absolute atomic E-state index is 0.480. The third-order valence-corrected chi connectivity index (χ3v) is 4.24. The summed E-state index contributed by atoms with van der Waals surface area (Å²) in [6.45, 7) is 0. The Morgan fingerprint density at radius 3 is 2.48 bits per heavy atom. The molecule has 0 aliphatic heterocycles. The summed E-state index contributed by atoms with van der Waals surface area (Å²) in [4.78, 5) is 10.0. The second-order valence-electron chi connectivity index (χ2n) is 5.65. The second-order valence-corrected chi connectivity index (χ2v) is 6.44. The Balaban J connectivity index is 0.000000324. The maximum Gasteiger partial charge on any atom is 0.324 e. The van der Waals surface area contributed by atoms with Crippen LogP contribution in [0, 0.1) is 0 Å². The molecule has 25 heavy (non-hydrogen) atoms. The molecule has 0 atom stereocenters. The smallest absolute Gasteiger partial charge is 0.324 e. The van der Waals surface area contributed by atoms with Crippen LogP contribution in [0.1, 0.15) is 17.5 Å². The number of halogens is 1. The molecule has 0 saturated carbocycles. The van der Waals surface area contributed by atoms with Gasteiger partial charge in [-0.3, -0.25) is 4.79 Å². The SMILES string of the molecule is COc1cc2c(c3ccc4ccccc4c13)CCC2=[OH+].O=S(=O)([O-])F. The van der Waals surface area contributed by atoms with Crippen molar-refractivity contribution in [2.24, 2.45) is 0 Å². The summed E-state index contributed by atoms with van der Waals surface area (Å²) in [6.07, 6.45) is 1.63. The summed E-state index contributed by atoms with van der Waals surface area (Å²) >= 11 is 0. The Hall–Kier alpha value is -2.51. The highest BCUT2D eigenvalue weighted by molar-refractivity contribution is 7.80. The van der Waals surface area contributed by atoms with Crippen LogP contribution in [0.3, 0.4) is 0 Å². The van der Waals surface area contributed by atoms with Crippen LogP contribution in [-0.4, -0.2) is 30.7 Å². The number of ether oxygens (including phenoxy) is 1. The fourth-order valence-corrected chi connectivity index (χ4v) is 3.29. The number of aryl methyl sites for hydroxylation is 1. The molecule has 0 saturated heterocycles. The van der Waals surface area contributed by atoms with Crippen LogP contribution in [0.4, 0.5) is 3.89 Å². The van der Waals surface area contributed by atoms with Gasteiger partial charge in [-0.05, 0) is 34.2 Å². The van der Waals surface area contributed by atoms with Crippen molar-refractivity contribution in [1.29, 1.82) is 0 Å². The lowest BCUT2D eigenvalue weighted by Crippen LogP contribution is -1.96. The molecule has 0 aromatic heterocycles. The van der Waals surface area contributed by atoms with Crippen molar-refractivity contribution in [2.75, 3.05) is 7.11 Å². The van der Waals surface area contributed by atoms with Crippen molar-refractivity contribution in [3.05, 3.63) is 53.6 Å². The number of hydrogen-bond donors (Lipinski definition) is 0. The lowest BCUT2D eigenvalue weighted by atomic mass is 9.95. The zero-order chi connectivity index (χ0) is 18.2. The van der Waals surface area contributed by atoms with Gasteiger partial charge >= 0.3 is 5.78 Å². The summed E-state index contributed by atoms with van der Waals surface area (Å²) in [7, 11) is -3.73. The normalized spacial score (nSPS) is 13.5. The zero-order valence-electron chi connectivity index (χ0n) is 13.3. The number of hydrogen-bond acceptors (Lipinski definition) is 4. The van der Waals surface area contributed by atoms with Crippen molar-refractivity contribution in [2.45, 2.75) is 12.8 Å². The molecule has 0 heterocycles. The molecule has 130 valence electrons. The van der Waals surface area contributed by atoms with Gasteiger partial charge in [-0.2, -0.15) is 0 Å². The van der Waals surface area contributed by atoms with Gasteiger partial charge in [0.15, 0.2) is 0 Å². The molecule has 3 aromatic carbocycles. The first-order valence-electron chi connectivity index (χ1n) is 7.51. The zero-order valence-corrected chi connectivity index (χ0v) is 14.1. The molecule has 0 radical (unpaired) electrons. The van der Waals surface area contributed by atoms with E-state index in [4.69, 9.17) is 17.7 Å². The van der Waals surface area contributed by atoms with Gasteiger partial charge in [-0.25, -0.2) is 8.42 Å². The first-order valence-corrected chi connectivity index (χ1v) is 8.82. The summed E-state index contributed by atoms with van der Waals surface area (Å²) in [6, 6.07) is 14.6. The van der Waals surface area contributed by atoms with E-state index in [2.05, 4.69) is 30.3 Å². The van der Waals surface area contributed by atoms with Gasteiger partial charge < -0.3 is 9.29 Å². The molecule has 0 fully saturated rings.